The van der Waals surface area contributed by atoms with Gasteiger partial charge in [0.1, 0.15) is 36.6 Å². The van der Waals surface area contributed by atoms with Crippen molar-refractivity contribution in [2.45, 2.75) is 139 Å². The smallest absolute Gasteiger partial charge is 0.392 e. The largest absolute Gasteiger partial charge is 0.472 e. The molecule has 13 nitrogen and oxygen atoms in total. The molecule has 1 aliphatic rings. The molecule has 0 aliphatic heterocycles. The summed E-state index contributed by atoms with van der Waals surface area (Å²) >= 11 is 0. The van der Waals surface area contributed by atoms with Gasteiger partial charge in [-0.1, -0.05) is 74.8 Å². The second-order valence-corrected chi connectivity index (χ2v) is 12.9. The van der Waals surface area contributed by atoms with Crippen LogP contribution in [0.1, 0.15) is 84.5 Å². The van der Waals surface area contributed by atoms with Crippen molar-refractivity contribution in [2.75, 3.05) is 6.61 Å². The van der Waals surface area contributed by atoms with Gasteiger partial charge in [-0.05, 0) is 51.9 Å². The number of hydrogen-bond donors (Lipinski definition) is 9. The summed E-state index contributed by atoms with van der Waals surface area (Å²) in [4.78, 5) is 23.0. The number of hydrogen-bond acceptors (Lipinski definition) is 11. The van der Waals surface area contributed by atoms with Crippen LogP contribution in [-0.2, 0) is 18.4 Å². The molecule has 46 heavy (non-hydrogen) atoms. The Morgan fingerprint density at radius 1 is 0.804 bits per heavy atom. The van der Waals surface area contributed by atoms with Crippen LogP contribution in [-0.4, -0.2) is 108 Å². The summed E-state index contributed by atoms with van der Waals surface area (Å²) in [5, 5.41) is 73.3. The summed E-state index contributed by atoms with van der Waals surface area (Å²) in [6, 6.07) is -1.27. The monoisotopic (exact) mass is 677 g/mol. The maximum Gasteiger partial charge on any atom is 0.472 e. The first-order valence-corrected chi connectivity index (χ1v) is 17.6. The number of phosphoric ester groups is 1. The number of aliphatic hydroxyl groups excluding tert-OH is 7. The third-order valence-corrected chi connectivity index (χ3v) is 8.44. The number of allylic oxidation sites excluding steroid dienone is 6. The molecule has 266 valence electrons. The molecule has 0 saturated heterocycles. The van der Waals surface area contributed by atoms with E-state index in [1.165, 1.54) is 6.08 Å². The molecular weight excluding hydrogens is 621 g/mol. The molecule has 0 aromatic heterocycles. The van der Waals surface area contributed by atoms with E-state index in [0.717, 1.165) is 44.9 Å². The first kappa shape index (κ1) is 42.3. The predicted octanol–water partition coefficient (Wildman–Crippen LogP) is 2.07. The molecule has 0 bridgehead atoms. The fourth-order valence-corrected chi connectivity index (χ4v) is 5.65. The second kappa shape index (κ2) is 23.6. The Kier molecular flexibility index (Phi) is 21.7. The van der Waals surface area contributed by atoms with E-state index >= 15 is 0 Å². The Hall–Kier alpha value is -1.74. The molecule has 1 rings (SSSR count). The zero-order valence-corrected chi connectivity index (χ0v) is 27.9. The summed E-state index contributed by atoms with van der Waals surface area (Å²) in [7, 11) is -5.14. The molecule has 8 atom stereocenters. The maximum absolute atomic E-state index is 12.7. The quantitative estimate of drug-likeness (QED) is 0.0430. The molecule has 8 unspecified atom stereocenters. The van der Waals surface area contributed by atoms with Crippen LogP contribution >= 0.6 is 7.82 Å². The van der Waals surface area contributed by atoms with Gasteiger partial charge in [-0.2, -0.15) is 0 Å². The van der Waals surface area contributed by atoms with Crippen LogP contribution < -0.4 is 5.32 Å². The summed E-state index contributed by atoms with van der Waals surface area (Å²) in [6.45, 7) is 3.32. The summed E-state index contributed by atoms with van der Waals surface area (Å²) in [6.07, 6.45) is 8.89. The highest BCUT2D eigenvalue weighted by Crippen LogP contribution is 2.47. The zero-order chi connectivity index (χ0) is 34.5. The lowest BCUT2D eigenvalue weighted by Crippen LogP contribution is -2.64. The van der Waals surface area contributed by atoms with E-state index < -0.39 is 75.2 Å². The van der Waals surface area contributed by atoms with Crippen LogP contribution in [0.3, 0.4) is 0 Å². The first-order valence-electron chi connectivity index (χ1n) is 16.1. The number of unbranched alkanes of at least 4 members (excludes halogenated alkanes) is 6. The number of carbonyl (C=O) groups excluding carboxylic acids is 1. The summed E-state index contributed by atoms with van der Waals surface area (Å²) in [5.41, 5.74) is 0. The standard InChI is InChI=1S/C32H56NO12P/c1-3-5-7-9-11-12-14-16-18-20-25(35)24(33-26(36)21-23(34)19-17-15-13-10-8-6-4-2)22-44-46(42,43)45-32-30(40)28(38)27(37)29(39)31(32)41/h3,5,11-12,15,17-18,20,23-25,27-32,34-35,37-41H,4,6-10,13-14,16,19,21-22H2,1-2H3,(H,33,36)(H,42,43)/b5-3+,12-11+,17-15-,20-18+. The average Bonchev–Trinajstić information content (AvgIpc) is 3.01. The van der Waals surface area contributed by atoms with Crippen molar-refractivity contribution in [3.63, 3.8) is 0 Å². The van der Waals surface area contributed by atoms with E-state index in [1.54, 1.807) is 12.2 Å². The van der Waals surface area contributed by atoms with Gasteiger partial charge in [-0.3, -0.25) is 13.8 Å². The fraction of sp³-hybridized carbons (Fsp3) is 0.719. The summed E-state index contributed by atoms with van der Waals surface area (Å²) < 4.78 is 22.5. The molecule has 14 heteroatoms. The molecule has 0 spiro atoms. The van der Waals surface area contributed by atoms with Crippen molar-refractivity contribution in [3.05, 3.63) is 48.6 Å². The van der Waals surface area contributed by atoms with Crippen LogP contribution in [0.4, 0.5) is 0 Å². The van der Waals surface area contributed by atoms with Crippen molar-refractivity contribution in [1.82, 2.24) is 5.32 Å². The van der Waals surface area contributed by atoms with Crippen LogP contribution in [0.15, 0.2) is 48.6 Å². The van der Waals surface area contributed by atoms with Crippen molar-refractivity contribution in [1.29, 1.82) is 0 Å². The molecule has 1 aliphatic carbocycles. The van der Waals surface area contributed by atoms with Gasteiger partial charge in [-0.25, -0.2) is 4.57 Å². The van der Waals surface area contributed by atoms with E-state index in [2.05, 4.69) is 18.3 Å². The SMILES string of the molecule is C/C=C/CC/C=C/CC/C=C/C(O)C(COP(=O)(O)OC1C(O)C(O)C(O)C(O)C1O)NC(=O)CC(O)C/C=C\CCCCCC. The van der Waals surface area contributed by atoms with Gasteiger partial charge >= 0.3 is 7.82 Å². The molecule has 1 amide bonds. The van der Waals surface area contributed by atoms with Crippen molar-refractivity contribution in [3.8, 4) is 0 Å². The number of aliphatic hydroxyl groups is 7. The van der Waals surface area contributed by atoms with Crippen molar-refractivity contribution < 1.29 is 59.0 Å². The van der Waals surface area contributed by atoms with Crippen LogP contribution in [0, 0.1) is 0 Å². The summed E-state index contributed by atoms with van der Waals surface area (Å²) in [5.74, 6) is -0.652. The molecule has 0 aromatic carbocycles. The van der Waals surface area contributed by atoms with E-state index in [9.17, 15) is 50.0 Å². The second-order valence-electron chi connectivity index (χ2n) is 11.5. The lowest BCUT2D eigenvalue weighted by molar-refractivity contribution is -0.220. The van der Waals surface area contributed by atoms with Gasteiger partial charge in [0.25, 0.3) is 0 Å². The van der Waals surface area contributed by atoms with Crippen LogP contribution in [0.25, 0.3) is 0 Å². The van der Waals surface area contributed by atoms with Gasteiger partial charge in [0, 0.05) is 0 Å². The molecule has 0 aromatic rings. The minimum atomic E-state index is -5.14. The highest BCUT2D eigenvalue weighted by molar-refractivity contribution is 7.47. The Morgan fingerprint density at radius 2 is 1.37 bits per heavy atom. The van der Waals surface area contributed by atoms with Crippen LogP contribution in [0.5, 0.6) is 0 Å². The lowest BCUT2D eigenvalue weighted by atomic mass is 9.85. The number of amides is 1. The van der Waals surface area contributed by atoms with E-state index in [1.807, 2.05) is 31.2 Å². The molecular formula is C32H56NO12P. The van der Waals surface area contributed by atoms with Crippen LogP contribution in [0.2, 0.25) is 0 Å². The molecule has 9 N–H and O–H groups in total. The number of rotatable bonds is 23. The molecule has 0 heterocycles. The van der Waals surface area contributed by atoms with Gasteiger partial charge in [-0.15, -0.1) is 0 Å². The third-order valence-electron chi connectivity index (χ3n) is 7.46. The zero-order valence-electron chi connectivity index (χ0n) is 27.0. The highest BCUT2D eigenvalue weighted by atomic mass is 31.2. The Balaban J connectivity index is 2.83. The average molecular weight is 678 g/mol. The van der Waals surface area contributed by atoms with Gasteiger partial charge < -0.3 is 46.0 Å². The Labute approximate surface area is 272 Å². The number of phosphoric acid groups is 1. The third kappa shape index (κ3) is 16.9. The maximum atomic E-state index is 12.7. The minimum absolute atomic E-state index is 0.241. The van der Waals surface area contributed by atoms with Gasteiger partial charge in [0.2, 0.25) is 5.91 Å². The number of nitrogens with one attached hydrogen (secondary N) is 1. The van der Waals surface area contributed by atoms with Crippen molar-refractivity contribution >= 4 is 13.7 Å². The van der Waals surface area contributed by atoms with Crippen molar-refractivity contribution in [2.24, 2.45) is 0 Å². The molecule has 0 radical (unpaired) electrons. The Bertz CT molecular complexity index is 990. The predicted molar refractivity (Wildman–Crippen MR) is 173 cm³/mol. The topological polar surface area (TPSA) is 226 Å². The highest BCUT2D eigenvalue weighted by Gasteiger charge is 2.51. The van der Waals surface area contributed by atoms with E-state index in [0.29, 0.717) is 12.8 Å². The van der Waals surface area contributed by atoms with E-state index in [-0.39, 0.29) is 12.8 Å². The normalized spacial score (nSPS) is 27.4. The first-order chi connectivity index (χ1) is 21.8. The van der Waals surface area contributed by atoms with E-state index in [4.69, 9.17) is 9.05 Å². The molecule has 1 saturated carbocycles. The Morgan fingerprint density at radius 3 is 1.98 bits per heavy atom. The fourth-order valence-electron chi connectivity index (χ4n) is 4.69. The molecule has 1 fully saturated rings. The van der Waals surface area contributed by atoms with Gasteiger partial charge in [0.05, 0.1) is 31.3 Å². The minimum Gasteiger partial charge on any atom is -0.392 e. The lowest BCUT2D eigenvalue weighted by Gasteiger charge is -2.41. The van der Waals surface area contributed by atoms with Gasteiger partial charge in [0.15, 0.2) is 0 Å². The number of carbonyl (C=O) groups is 1.